The molecule has 0 saturated heterocycles. The first kappa shape index (κ1) is 14.0. The minimum absolute atomic E-state index is 0.274. The van der Waals surface area contributed by atoms with Gasteiger partial charge in [-0.2, -0.15) is 0 Å². The highest BCUT2D eigenvalue weighted by Crippen LogP contribution is 2.23. The number of nitrogens with one attached hydrogen (secondary N) is 1. The monoisotopic (exact) mass is 276 g/mol. The van der Waals surface area contributed by atoms with Crippen molar-refractivity contribution in [1.29, 1.82) is 0 Å². The number of nitrogens with zero attached hydrogens (tertiary/aromatic N) is 1. The highest BCUT2D eigenvalue weighted by atomic mass is 32.1. The lowest BCUT2D eigenvalue weighted by atomic mass is 10.0. The molecule has 0 spiro atoms. The zero-order valence-corrected chi connectivity index (χ0v) is 12.2. The van der Waals surface area contributed by atoms with E-state index in [1.807, 2.05) is 30.8 Å². The lowest BCUT2D eigenvalue weighted by molar-refractivity contribution is 0.317. The molecule has 0 amide bonds. The van der Waals surface area contributed by atoms with Crippen LogP contribution in [0.2, 0.25) is 0 Å². The quantitative estimate of drug-likeness (QED) is 0.841. The first-order chi connectivity index (χ1) is 9.33. The molecule has 1 aromatic heterocycles. The van der Waals surface area contributed by atoms with Crippen LogP contribution < -0.4 is 10.1 Å². The summed E-state index contributed by atoms with van der Waals surface area (Å²) in [5, 5.41) is 6.52. The first-order valence-corrected chi connectivity index (χ1v) is 7.50. The number of hydrogen-bond acceptors (Lipinski definition) is 4. The Morgan fingerprint density at radius 2 is 2.32 bits per heavy atom. The summed E-state index contributed by atoms with van der Waals surface area (Å²) < 4.78 is 5.68. The predicted molar refractivity (Wildman–Crippen MR) is 79.8 cm³/mol. The molecule has 0 aliphatic heterocycles. The largest absolute Gasteiger partial charge is 0.494 e. The maximum atomic E-state index is 5.68. The third-order valence-corrected chi connectivity index (χ3v) is 3.75. The van der Waals surface area contributed by atoms with E-state index < -0.39 is 0 Å². The molecule has 1 aromatic carbocycles. The van der Waals surface area contributed by atoms with Crippen LogP contribution in [-0.4, -0.2) is 18.6 Å². The van der Waals surface area contributed by atoms with E-state index in [1.54, 1.807) is 11.3 Å². The van der Waals surface area contributed by atoms with Crippen LogP contribution in [0.25, 0.3) is 0 Å². The first-order valence-electron chi connectivity index (χ1n) is 6.62. The number of hydrogen-bond donors (Lipinski definition) is 1. The molecule has 1 N–H and O–H groups in total. The Morgan fingerprint density at radius 3 is 3.00 bits per heavy atom. The highest BCUT2D eigenvalue weighted by molar-refractivity contribution is 7.09. The van der Waals surface area contributed by atoms with Gasteiger partial charge in [0, 0.05) is 24.0 Å². The Hall–Kier alpha value is -1.39. The molecule has 1 atom stereocenters. The van der Waals surface area contributed by atoms with Crippen molar-refractivity contribution in [3.05, 3.63) is 46.4 Å². The Bertz CT molecular complexity index is 485. The molecule has 0 aliphatic rings. The summed E-state index contributed by atoms with van der Waals surface area (Å²) in [6, 6.07) is 8.58. The van der Waals surface area contributed by atoms with E-state index in [9.17, 15) is 0 Å². The van der Waals surface area contributed by atoms with E-state index in [2.05, 4.69) is 29.4 Å². The minimum atomic E-state index is 0.274. The van der Waals surface area contributed by atoms with Gasteiger partial charge in [0.05, 0.1) is 11.6 Å². The normalized spacial score (nSPS) is 12.3. The van der Waals surface area contributed by atoms with Crippen molar-refractivity contribution in [3.63, 3.8) is 0 Å². The smallest absolute Gasteiger partial charge is 0.119 e. The van der Waals surface area contributed by atoms with Crippen molar-refractivity contribution in [2.24, 2.45) is 0 Å². The predicted octanol–water partition coefficient (Wildman–Crippen LogP) is 3.44. The van der Waals surface area contributed by atoms with Crippen LogP contribution in [0.15, 0.2) is 35.8 Å². The van der Waals surface area contributed by atoms with Crippen LogP contribution in [0.5, 0.6) is 5.75 Å². The van der Waals surface area contributed by atoms with Crippen molar-refractivity contribution in [1.82, 2.24) is 10.3 Å². The lowest BCUT2D eigenvalue weighted by Gasteiger charge is -2.16. The average Bonchev–Trinajstić information content (AvgIpc) is 2.96. The van der Waals surface area contributed by atoms with Crippen molar-refractivity contribution < 1.29 is 4.74 Å². The van der Waals surface area contributed by atoms with E-state index in [4.69, 9.17) is 4.74 Å². The molecule has 2 aromatic rings. The molecule has 4 heteroatoms. The van der Waals surface area contributed by atoms with Crippen LogP contribution in [0.4, 0.5) is 0 Å². The summed E-state index contributed by atoms with van der Waals surface area (Å²) in [7, 11) is 1.98. The van der Waals surface area contributed by atoms with Gasteiger partial charge in [0.1, 0.15) is 5.75 Å². The number of likely N-dealkylation sites (N-methyl/N-ethyl adjacent to an activating group) is 1. The van der Waals surface area contributed by atoms with Crippen LogP contribution in [0.3, 0.4) is 0 Å². The van der Waals surface area contributed by atoms with E-state index in [0.717, 1.165) is 30.2 Å². The van der Waals surface area contributed by atoms with Gasteiger partial charge in [0.15, 0.2) is 0 Å². The molecule has 1 unspecified atom stereocenters. The number of aromatic nitrogens is 1. The zero-order valence-electron chi connectivity index (χ0n) is 11.4. The van der Waals surface area contributed by atoms with Gasteiger partial charge in [-0.15, -0.1) is 11.3 Å². The van der Waals surface area contributed by atoms with Crippen LogP contribution in [-0.2, 0) is 6.42 Å². The van der Waals surface area contributed by atoms with Gasteiger partial charge < -0.3 is 10.1 Å². The summed E-state index contributed by atoms with van der Waals surface area (Å²) in [6.45, 7) is 2.88. The summed E-state index contributed by atoms with van der Waals surface area (Å²) >= 11 is 1.70. The highest BCUT2D eigenvalue weighted by Gasteiger charge is 2.12. The van der Waals surface area contributed by atoms with Gasteiger partial charge >= 0.3 is 0 Å². The van der Waals surface area contributed by atoms with Crippen LogP contribution >= 0.6 is 11.3 Å². The van der Waals surface area contributed by atoms with Crippen molar-refractivity contribution in [2.75, 3.05) is 13.7 Å². The summed E-state index contributed by atoms with van der Waals surface area (Å²) in [5.74, 6) is 0.943. The Morgan fingerprint density at radius 1 is 1.42 bits per heavy atom. The van der Waals surface area contributed by atoms with Gasteiger partial charge in [-0.05, 0) is 31.2 Å². The second-order valence-electron chi connectivity index (χ2n) is 4.39. The van der Waals surface area contributed by atoms with E-state index in [-0.39, 0.29) is 6.04 Å². The maximum absolute atomic E-state index is 5.68. The molecule has 0 fully saturated rings. The minimum Gasteiger partial charge on any atom is -0.494 e. The lowest BCUT2D eigenvalue weighted by Crippen LogP contribution is -2.18. The standard InChI is InChI=1S/C15H20N2OS/c1-3-8-18-13-6-4-5-12(10-13)14(16-2)11-15-17-7-9-19-15/h4-7,9-10,14,16H,3,8,11H2,1-2H3. The Labute approximate surface area is 118 Å². The SMILES string of the molecule is CCCOc1cccc(C(Cc2nccs2)NC)c1. The molecule has 2 rings (SSSR count). The fraction of sp³-hybridized carbons (Fsp3) is 0.400. The second-order valence-corrected chi connectivity index (χ2v) is 5.37. The van der Waals surface area contributed by atoms with E-state index in [1.165, 1.54) is 5.56 Å². The summed E-state index contributed by atoms with van der Waals surface area (Å²) in [4.78, 5) is 4.35. The van der Waals surface area contributed by atoms with E-state index >= 15 is 0 Å². The number of benzene rings is 1. The zero-order chi connectivity index (χ0) is 13.5. The third kappa shape index (κ3) is 4.04. The molecule has 3 nitrogen and oxygen atoms in total. The molecule has 0 aliphatic carbocycles. The van der Waals surface area contributed by atoms with Gasteiger partial charge in [-0.25, -0.2) is 4.98 Å². The molecule has 1 heterocycles. The molecule has 0 radical (unpaired) electrons. The van der Waals surface area contributed by atoms with Gasteiger partial charge in [0.25, 0.3) is 0 Å². The molecular formula is C15H20N2OS. The van der Waals surface area contributed by atoms with Crippen molar-refractivity contribution >= 4 is 11.3 Å². The van der Waals surface area contributed by atoms with Crippen molar-refractivity contribution in [2.45, 2.75) is 25.8 Å². The summed E-state index contributed by atoms with van der Waals surface area (Å²) in [6.07, 6.45) is 3.79. The number of thiazole rings is 1. The van der Waals surface area contributed by atoms with Gasteiger partial charge in [-0.1, -0.05) is 19.1 Å². The van der Waals surface area contributed by atoms with Crippen molar-refractivity contribution in [3.8, 4) is 5.75 Å². The third-order valence-electron chi connectivity index (χ3n) is 2.94. The van der Waals surface area contributed by atoms with Crippen LogP contribution in [0, 0.1) is 0 Å². The summed E-state index contributed by atoms with van der Waals surface area (Å²) in [5.41, 5.74) is 1.24. The van der Waals surface area contributed by atoms with Gasteiger partial charge in [-0.3, -0.25) is 0 Å². The fourth-order valence-electron chi connectivity index (χ4n) is 1.96. The van der Waals surface area contributed by atoms with Gasteiger partial charge in [0.2, 0.25) is 0 Å². The maximum Gasteiger partial charge on any atom is 0.119 e. The fourth-order valence-corrected chi connectivity index (χ4v) is 2.62. The average molecular weight is 276 g/mol. The Balaban J connectivity index is 2.09. The topological polar surface area (TPSA) is 34.1 Å². The second kappa shape index (κ2) is 7.26. The van der Waals surface area contributed by atoms with Crippen LogP contribution in [0.1, 0.15) is 30.0 Å². The molecule has 0 bridgehead atoms. The molecule has 19 heavy (non-hydrogen) atoms. The number of ether oxygens (including phenoxy) is 1. The molecular weight excluding hydrogens is 256 g/mol. The number of rotatable bonds is 7. The Kier molecular flexibility index (Phi) is 5.36. The van der Waals surface area contributed by atoms with E-state index in [0.29, 0.717) is 0 Å². The molecule has 102 valence electrons. The molecule has 0 saturated carbocycles.